The zero-order valence-electron chi connectivity index (χ0n) is 19.1. The third-order valence-electron chi connectivity index (χ3n) is 5.64. The van der Waals surface area contributed by atoms with Gasteiger partial charge in [-0.05, 0) is 56.3 Å². The Morgan fingerprint density at radius 3 is 2.86 bits per heavy atom. The molecule has 3 aromatic heterocycles. The molecule has 0 bridgehead atoms. The second-order valence-electron chi connectivity index (χ2n) is 8.21. The summed E-state index contributed by atoms with van der Waals surface area (Å²) >= 11 is 9.23. The van der Waals surface area contributed by atoms with E-state index in [1.165, 1.54) is 23.1 Å². The third-order valence-corrected chi connectivity index (χ3v) is 7.96. The Balaban J connectivity index is 1.26. The maximum atomic E-state index is 9.51. The van der Waals surface area contributed by atoms with E-state index in [2.05, 4.69) is 30.2 Å². The summed E-state index contributed by atoms with van der Waals surface area (Å²) in [6.45, 7) is 3.81. The van der Waals surface area contributed by atoms with Crippen LogP contribution in [0.25, 0.3) is 10.6 Å². The number of hydrogen-bond donors (Lipinski definition) is 2. The summed E-state index contributed by atoms with van der Waals surface area (Å²) in [5, 5.41) is 14.8. The molecule has 11 heteroatoms. The van der Waals surface area contributed by atoms with Crippen LogP contribution in [0.5, 0.6) is 0 Å². The molecule has 4 aromatic rings. The number of halogens is 1. The van der Waals surface area contributed by atoms with Gasteiger partial charge in [0.1, 0.15) is 0 Å². The van der Waals surface area contributed by atoms with Crippen molar-refractivity contribution in [3.05, 3.63) is 65.3 Å². The van der Waals surface area contributed by atoms with Crippen molar-refractivity contribution in [2.75, 3.05) is 18.5 Å². The smallest absolute Gasteiger partial charge is 0.193 e. The molecule has 4 heterocycles. The first-order chi connectivity index (χ1) is 17.1. The van der Waals surface area contributed by atoms with E-state index in [9.17, 15) is 5.11 Å². The van der Waals surface area contributed by atoms with Gasteiger partial charge in [0.25, 0.3) is 0 Å². The first-order valence-electron chi connectivity index (χ1n) is 11.2. The molecule has 180 valence electrons. The fourth-order valence-corrected chi connectivity index (χ4v) is 5.80. The maximum absolute atomic E-state index is 9.51. The van der Waals surface area contributed by atoms with Crippen molar-refractivity contribution in [1.82, 2.24) is 29.8 Å². The lowest BCUT2D eigenvalue weighted by Gasteiger charge is -2.21. The van der Waals surface area contributed by atoms with Gasteiger partial charge in [0.2, 0.25) is 0 Å². The number of nitrogens with one attached hydrogen (secondary N) is 1. The minimum Gasteiger partial charge on any atom is -0.395 e. The molecule has 1 aliphatic rings. The number of aliphatic hydroxyl groups excluding tert-OH is 1. The molecule has 8 nitrogen and oxygen atoms in total. The van der Waals surface area contributed by atoms with Crippen LogP contribution in [-0.4, -0.2) is 54.1 Å². The van der Waals surface area contributed by atoms with E-state index >= 15 is 0 Å². The quantitative estimate of drug-likeness (QED) is 0.300. The lowest BCUT2D eigenvalue weighted by molar-refractivity contribution is 0.152. The number of anilines is 2. The van der Waals surface area contributed by atoms with Gasteiger partial charge in [0.15, 0.2) is 16.1 Å². The molecule has 1 atom stereocenters. The Morgan fingerprint density at radius 2 is 2.06 bits per heavy atom. The molecule has 0 radical (unpaired) electrons. The Hall–Kier alpha value is -2.63. The van der Waals surface area contributed by atoms with E-state index in [0.717, 1.165) is 46.2 Å². The molecule has 0 unspecified atom stereocenters. The molecular weight excluding hydrogens is 502 g/mol. The van der Waals surface area contributed by atoms with Crippen molar-refractivity contribution < 1.29 is 5.11 Å². The Labute approximate surface area is 216 Å². The van der Waals surface area contributed by atoms with Crippen LogP contribution >= 0.6 is 34.7 Å². The normalized spacial score (nSPS) is 16.0. The topological polar surface area (TPSA) is 100.0 Å². The highest BCUT2D eigenvalue weighted by Gasteiger charge is 2.24. The second kappa shape index (κ2) is 11.0. The summed E-state index contributed by atoms with van der Waals surface area (Å²) in [6, 6.07) is 9.82. The fourth-order valence-electron chi connectivity index (χ4n) is 3.92. The summed E-state index contributed by atoms with van der Waals surface area (Å²) in [7, 11) is 0. The van der Waals surface area contributed by atoms with E-state index < -0.39 is 0 Å². The lowest BCUT2D eigenvalue weighted by Crippen LogP contribution is -2.31. The molecule has 35 heavy (non-hydrogen) atoms. The Morgan fingerprint density at radius 1 is 1.17 bits per heavy atom. The molecule has 1 aliphatic heterocycles. The number of thiazole rings is 1. The number of aromatic nitrogens is 5. The van der Waals surface area contributed by atoms with Crippen LogP contribution < -0.4 is 5.32 Å². The predicted molar refractivity (Wildman–Crippen MR) is 139 cm³/mol. The van der Waals surface area contributed by atoms with Crippen LogP contribution in [0.4, 0.5) is 10.9 Å². The van der Waals surface area contributed by atoms with E-state index in [1.807, 2.05) is 37.3 Å². The lowest BCUT2D eigenvalue weighted by atomic mass is 10.2. The number of likely N-dealkylation sites (tertiary alicyclic amines) is 1. The van der Waals surface area contributed by atoms with Crippen molar-refractivity contribution >= 4 is 45.6 Å². The highest BCUT2D eigenvalue weighted by atomic mass is 35.5. The van der Waals surface area contributed by atoms with Gasteiger partial charge in [0, 0.05) is 29.4 Å². The summed E-state index contributed by atoms with van der Waals surface area (Å²) < 4.78 is 0. The van der Waals surface area contributed by atoms with Crippen LogP contribution in [0.1, 0.15) is 24.2 Å². The zero-order chi connectivity index (χ0) is 24.2. The number of hydrogen-bond acceptors (Lipinski definition) is 10. The summed E-state index contributed by atoms with van der Waals surface area (Å²) in [6.07, 6.45) is 7.42. The molecule has 0 spiro atoms. The maximum Gasteiger partial charge on any atom is 0.193 e. The molecule has 1 fully saturated rings. The number of benzene rings is 1. The van der Waals surface area contributed by atoms with E-state index in [0.29, 0.717) is 27.7 Å². The average Bonchev–Trinajstić information content (AvgIpc) is 3.51. The molecule has 1 aromatic carbocycles. The number of rotatable bonds is 8. The molecule has 0 amide bonds. The predicted octanol–water partition coefficient (Wildman–Crippen LogP) is 5.20. The standard InChI is InChI=1S/C24H24ClN7OS2/c1-15-9-19(30-24(29-15)34-20-7-3-2-6-18(20)25)21-11-28-23(35-21)31-22-12-26-16(10-27-22)13-32-8-4-5-17(32)14-33/h2-3,6-7,9-12,17,33H,4-5,8,13-14H2,1H3,(H,27,28,31)/t17-/m0/s1. The second-order valence-corrected chi connectivity index (χ2v) is 10.7. The highest BCUT2D eigenvalue weighted by molar-refractivity contribution is 7.99. The molecule has 2 N–H and O–H groups in total. The van der Waals surface area contributed by atoms with Crippen molar-refractivity contribution in [3.8, 4) is 10.6 Å². The van der Waals surface area contributed by atoms with Gasteiger partial charge >= 0.3 is 0 Å². The monoisotopic (exact) mass is 525 g/mol. The van der Waals surface area contributed by atoms with Gasteiger partial charge in [-0.3, -0.25) is 9.88 Å². The van der Waals surface area contributed by atoms with Crippen molar-refractivity contribution in [2.45, 2.75) is 42.4 Å². The van der Waals surface area contributed by atoms with Gasteiger partial charge in [-0.15, -0.1) is 0 Å². The molecule has 1 saturated heterocycles. The zero-order valence-corrected chi connectivity index (χ0v) is 21.4. The van der Waals surface area contributed by atoms with Crippen LogP contribution in [-0.2, 0) is 6.54 Å². The van der Waals surface area contributed by atoms with Crippen LogP contribution in [0, 0.1) is 6.92 Å². The number of aliphatic hydroxyl groups is 1. The van der Waals surface area contributed by atoms with Gasteiger partial charge < -0.3 is 10.4 Å². The van der Waals surface area contributed by atoms with Crippen molar-refractivity contribution in [2.24, 2.45) is 0 Å². The minimum atomic E-state index is 0.186. The van der Waals surface area contributed by atoms with Crippen LogP contribution in [0.2, 0.25) is 5.02 Å². The largest absolute Gasteiger partial charge is 0.395 e. The van der Waals surface area contributed by atoms with Gasteiger partial charge in [-0.2, -0.15) is 0 Å². The minimum absolute atomic E-state index is 0.186. The molecule has 5 rings (SSSR count). The first kappa shape index (κ1) is 24.1. The van der Waals surface area contributed by atoms with Crippen LogP contribution in [0.15, 0.2) is 59.0 Å². The highest BCUT2D eigenvalue weighted by Crippen LogP contribution is 2.34. The fraction of sp³-hybridized carbons (Fsp3) is 0.292. The van der Waals surface area contributed by atoms with Gasteiger partial charge in [-0.1, -0.05) is 35.1 Å². The molecule has 0 saturated carbocycles. The third kappa shape index (κ3) is 5.96. The van der Waals surface area contributed by atoms with E-state index in [1.54, 1.807) is 18.6 Å². The number of nitrogens with zero attached hydrogens (tertiary/aromatic N) is 6. The Bertz CT molecular complexity index is 1300. The SMILES string of the molecule is Cc1cc(-c2cnc(Nc3cnc(CN4CCC[C@H]4CO)cn3)s2)nc(Sc2ccccc2Cl)n1. The Kier molecular flexibility index (Phi) is 7.54. The van der Waals surface area contributed by atoms with E-state index in [4.69, 9.17) is 16.6 Å². The average molecular weight is 526 g/mol. The molecule has 0 aliphatic carbocycles. The van der Waals surface area contributed by atoms with Crippen LogP contribution in [0.3, 0.4) is 0 Å². The number of aryl methyl sites for hydroxylation is 1. The van der Waals surface area contributed by atoms with Gasteiger partial charge in [-0.25, -0.2) is 19.9 Å². The summed E-state index contributed by atoms with van der Waals surface area (Å²) in [5.74, 6) is 0.628. The molecular formula is C24H24ClN7OS2. The first-order valence-corrected chi connectivity index (χ1v) is 13.3. The van der Waals surface area contributed by atoms with Gasteiger partial charge in [0.05, 0.1) is 40.3 Å². The summed E-state index contributed by atoms with van der Waals surface area (Å²) in [5.41, 5.74) is 2.56. The van der Waals surface area contributed by atoms with Crippen molar-refractivity contribution in [1.29, 1.82) is 0 Å². The van der Waals surface area contributed by atoms with E-state index in [-0.39, 0.29) is 12.6 Å². The summed E-state index contributed by atoms with van der Waals surface area (Å²) in [4.78, 5) is 26.9. The van der Waals surface area contributed by atoms with Crippen molar-refractivity contribution in [3.63, 3.8) is 0 Å².